The maximum absolute atomic E-state index is 12.4. The second-order valence-corrected chi connectivity index (χ2v) is 7.43. The molecule has 7 nitrogen and oxygen atoms in total. The highest BCUT2D eigenvalue weighted by Gasteiger charge is 2.42. The first-order chi connectivity index (χ1) is 12.5. The number of rotatable bonds is 4. The van der Waals surface area contributed by atoms with Crippen molar-refractivity contribution < 1.29 is 14.4 Å². The van der Waals surface area contributed by atoms with Crippen LogP contribution in [0.5, 0.6) is 0 Å². The van der Waals surface area contributed by atoms with Crippen LogP contribution in [-0.2, 0) is 20.9 Å². The van der Waals surface area contributed by atoms with Crippen LogP contribution < -0.4 is 5.32 Å². The van der Waals surface area contributed by atoms with Gasteiger partial charge in [-0.05, 0) is 37.0 Å². The molecule has 3 rings (SSSR count). The number of carbonyl (C=O) groups is 3. The Hall–Kier alpha value is -2.44. The van der Waals surface area contributed by atoms with Crippen LogP contribution in [0.15, 0.2) is 24.5 Å². The van der Waals surface area contributed by atoms with Crippen molar-refractivity contribution in [3.63, 3.8) is 0 Å². The van der Waals surface area contributed by atoms with Crippen molar-refractivity contribution in [1.82, 2.24) is 20.1 Å². The molecule has 26 heavy (non-hydrogen) atoms. The van der Waals surface area contributed by atoms with Crippen molar-refractivity contribution in [2.24, 2.45) is 5.41 Å². The van der Waals surface area contributed by atoms with Gasteiger partial charge in [-0.15, -0.1) is 0 Å². The van der Waals surface area contributed by atoms with Gasteiger partial charge in [0.15, 0.2) is 0 Å². The van der Waals surface area contributed by atoms with Gasteiger partial charge >= 0.3 is 0 Å². The number of nitrogens with one attached hydrogen (secondary N) is 1. The molecule has 2 aliphatic heterocycles. The molecule has 140 valence electrons. The van der Waals surface area contributed by atoms with Gasteiger partial charge in [-0.3, -0.25) is 19.4 Å². The number of aromatic nitrogens is 1. The fraction of sp³-hybridized carbons (Fsp3) is 0.579. The van der Waals surface area contributed by atoms with Gasteiger partial charge in [-0.2, -0.15) is 0 Å². The molecule has 0 radical (unpaired) electrons. The van der Waals surface area contributed by atoms with Crippen molar-refractivity contribution in [2.45, 2.75) is 39.2 Å². The molecule has 0 aliphatic carbocycles. The van der Waals surface area contributed by atoms with Crippen LogP contribution in [-0.4, -0.2) is 58.7 Å². The Labute approximate surface area is 153 Å². The second-order valence-electron chi connectivity index (χ2n) is 7.43. The molecule has 0 aromatic carbocycles. The van der Waals surface area contributed by atoms with E-state index in [1.54, 1.807) is 12.4 Å². The van der Waals surface area contributed by atoms with Crippen molar-refractivity contribution in [1.29, 1.82) is 0 Å². The molecule has 3 amide bonds. The minimum Gasteiger partial charge on any atom is -0.347 e. The summed E-state index contributed by atoms with van der Waals surface area (Å²) in [5.74, 6) is -0.0668. The summed E-state index contributed by atoms with van der Waals surface area (Å²) in [7, 11) is 0. The van der Waals surface area contributed by atoms with Crippen LogP contribution in [0, 0.1) is 5.41 Å². The fourth-order valence-corrected chi connectivity index (χ4v) is 4.02. The standard InChI is InChI=1S/C19H26N4O3/c1-15(24)21-11-18(26)22-10-2-6-19(13-22)7-3-17(25)23(14-19)12-16-4-8-20-9-5-16/h4-5,8-9H,2-3,6-7,10-14H2,1H3,(H,21,24)/t19-/m1/s1. The molecule has 1 aromatic heterocycles. The highest BCUT2D eigenvalue weighted by Crippen LogP contribution is 2.39. The van der Waals surface area contributed by atoms with E-state index in [1.807, 2.05) is 21.9 Å². The average molecular weight is 358 g/mol. The molecular formula is C19H26N4O3. The summed E-state index contributed by atoms with van der Waals surface area (Å²) in [6, 6.07) is 3.86. The first kappa shape index (κ1) is 18.4. The third kappa shape index (κ3) is 4.39. The molecule has 7 heteroatoms. The van der Waals surface area contributed by atoms with Crippen LogP contribution in [0.25, 0.3) is 0 Å². The van der Waals surface area contributed by atoms with Gasteiger partial charge in [0, 0.05) is 57.3 Å². The van der Waals surface area contributed by atoms with Gasteiger partial charge in [0.2, 0.25) is 17.7 Å². The van der Waals surface area contributed by atoms with E-state index in [4.69, 9.17) is 0 Å². The van der Waals surface area contributed by atoms with Crippen LogP contribution in [0.4, 0.5) is 0 Å². The van der Waals surface area contributed by atoms with Crippen molar-refractivity contribution >= 4 is 17.7 Å². The lowest BCUT2D eigenvalue weighted by Gasteiger charge is -2.48. The van der Waals surface area contributed by atoms with Crippen LogP contribution >= 0.6 is 0 Å². The molecule has 2 aliphatic rings. The first-order valence-corrected chi connectivity index (χ1v) is 9.16. The third-order valence-corrected chi connectivity index (χ3v) is 5.37. The number of hydrogen-bond acceptors (Lipinski definition) is 4. The van der Waals surface area contributed by atoms with E-state index in [0.717, 1.165) is 31.4 Å². The average Bonchev–Trinajstić information content (AvgIpc) is 2.64. The zero-order valence-electron chi connectivity index (χ0n) is 15.2. The SMILES string of the molecule is CC(=O)NCC(=O)N1CCC[C@@]2(CCC(=O)N(Cc3ccncc3)C2)C1. The lowest BCUT2D eigenvalue weighted by molar-refractivity contribution is -0.143. The van der Waals surface area contributed by atoms with E-state index >= 15 is 0 Å². The molecular weight excluding hydrogens is 332 g/mol. The molecule has 0 bridgehead atoms. The minimum absolute atomic E-state index is 0.0366. The molecule has 1 atom stereocenters. The highest BCUT2D eigenvalue weighted by atomic mass is 16.2. The summed E-state index contributed by atoms with van der Waals surface area (Å²) in [6.45, 7) is 4.10. The number of hydrogen-bond donors (Lipinski definition) is 1. The van der Waals surface area contributed by atoms with Gasteiger partial charge in [-0.25, -0.2) is 0 Å². The Balaban J connectivity index is 1.65. The quantitative estimate of drug-likeness (QED) is 0.869. The summed E-state index contributed by atoms with van der Waals surface area (Å²) >= 11 is 0. The predicted molar refractivity (Wildman–Crippen MR) is 95.8 cm³/mol. The Morgan fingerprint density at radius 3 is 2.73 bits per heavy atom. The zero-order chi connectivity index (χ0) is 18.6. The van der Waals surface area contributed by atoms with E-state index in [9.17, 15) is 14.4 Å². The van der Waals surface area contributed by atoms with Gasteiger partial charge in [-0.1, -0.05) is 0 Å². The molecule has 0 saturated carbocycles. The molecule has 1 spiro atoms. The summed E-state index contributed by atoms with van der Waals surface area (Å²) in [5.41, 5.74) is 1.03. The van der Waals surface area contributed by atoms with Crippen LogP contribution in [0.3, 0.4) is 0 Å². The monoisotopic (exact) mass is 358 g/mol. The summed E-state index contributed by atoms with van der Waals surface area (Å²) in [6.07, 6.45) is 6.78. The second kappa shape index (κ2) is 7.85. The normalized spacial score (nSPS) is 23.2. The summed E-state index contributed by atoms with van der Waals surface area (Å²) < 4.78 is 0. The zero-order valence-corrected chi connectivity index (χ0v) is 15.2. The maximum Gasteiger partial charge on any atom is 0.241 e. The number of piperidine rings is 2. The number of carbonyl (C=O) groups excluding carboxylic acids is 3. The van der Waals surface area contributed by atoms with Gasteiger partial charge in [0.1, 0.15) is 0 Å². The minimum atomic E-state index is -0.197. The van der Waals surface area contributed by atoms with E-state index < -0.39 is 0 Å². The Kier molecular flexibility index (Phi) is 5.54. The lowest BCUT2D eigenvalue weighted by atomic mass is 9.73. The largest absolute Gasteiger partial charge is 0.347 e. The smallest absolute Gasteiger partial charge is 0.241 e. The maximum atomic E-state index is 12.4. The summed E-state index contributed by atoms with van der Waals surface area (Å²) in [5, 5.41) is 2.58. The Morgan fingerprint density at radius 2 is 2.00 bits per heavy atom. The van der Waals surface area contributed by atoms with E-state index in [1.165, 1.54) is 6.92 Å². The molecule has 1 aromatic rings. The van der Waals surface area contributed by atoms with E-state index in [2.05, 4.69) is 10.3 Å². The number of nitrogens with zero attached hydrogens (tertiary/aromatic N) is 3. The number of amides is 3. The van der Waals surface area contributed by atoms with Gasteiger partial charge in [0.25, 0.3) is 0 Å². The van der Waals surface area contributed by atoms with Crippen LogP contribution in [0.2, 0.25) is 0 Å². The molecule has 3 heterocycles. The Morgan fingerprint density at radius 1 is 1.23 bits per heavy atom. The molecule has 2 saturated heterocycles. The molecule has 0 unspecified atom stereocenters. The van der Waals surface area contributed by atoms with E-state index in [-0.39, 0.29) is 29.7 Å². The van der Waals surface area contributed by atoms with Gasteiger partial charge in [0.05, 0.1) is 6.54 Å². The van der Waals surface area contributed by atoms with Crippen molar-refractivity contribution in [2.75, 3.05) is 26.2 Å². The first-order valence-electron chi connectivity index (χ1n) is 9.16. The highest BCUT2D eigenvalue weighted by molar-refractivity contribution is 5.84. The predicted octanol–water partition coefficient (Wildman–Crippen LogP) is 0.949. The molecule has 2 fully saturated rings. The lowest BCUT2D eigenvalue weighted by Crippen LogP contribution is -2.55. The fourth-order valence-electron chi connectivity index (χ4n) is 4.02. The van der Waals surface area contributed by atoms with Crippen molar-refractivity contribution in [3.05, 3.63) is 30.1 Å². The van der Waals surface area contributed by atoms with E-state index in [0.29, 0.717) is 26.1 Å². The van der Waals surface area contributed by atoms with Gasteiger partial charge < -0.3 is 15.1 Å². The van der Waals surface area contributed by atoms with Crippen LogP contribution in [0.1, 0.15) is 38.2 Å². The number of pyridine rings is 1. The Bertz CT molecular complexity index is 679. The topological polar surface area (TPSA) is 82.6 Å². The van der Waals surface area contributed by atoms with Crippen molar-refractivity contribution in [3.8, 4) is 0 Å². The number of likely N-dealkylation sites (tertiary alicyclic amines) is 2. The summed E-state index contributed by atoms with van der Waals surface area (Å²) in [4.78, 5) is 43.6. The third-order valence-electron chi connectivity index (χ3n) is 5.37. The molecule has 1 N–H and O–H groups in total.